The lowest BCUT2D eigenvalue weighted by Crippen LogP contribution is -1.76. The summed E-state index contributed by atoms with van der Waals surface area (Å²) in [5, 5.41) is 0. The van der Waals surface area contributed by atoms with E-state index in [0.29, 0.717) is 4.60 Å². The maximum Gasteiger partial charge on any atom is 0.372 e. The highest BCUT2D eigenvalue weighted by Gasteiger charge is 1.93. The number of hydrogen-bond donors (Lipinski definition) is 0. The minimum Gasteiger partial charge on any atom is -0.394 e. The minimum atomic E-state index is 0.171. The van der Waals surface area contributed by atoms with E-state index in [9.17, 15) is 0 Å². The monoisotopic (exact) mass is 183 g/mol. The molecule has 0 aliphatic heterocycles. The molecule has 0 fully saturated rings. The van der Waals surface area contributed by atoms with Gasteiger partial charge in [0.1, 0.15) is 0 Å². The van der Waals surface area contributed by atoms with Crippen molar-refractivity contribution in [2.45, 2.75) is 0 Å². The van der Waals surface area contributed by atoms with Gasteiger partial charge in [-0.1, -0.05) is 0 Å². The standard InChI is InChI=1S/C5H2BrN3/c1-7-5-8-3-2-4(6)9-5/h2-3H. The molecule has 1 heterocycles. The van der Waals surface area contributed by atoms with Gasteiger partial charge in [0, 0.05) is 6.07 Å². The van der Waals surface area contributed by atoms with Crippen LogP contribution in [0.3, 0.4) is 0 Å². The van der Waals surface area contributed by atoms with Crippen molar-refractivity contribution in [1.82, 2.24) is 9.97 Å². The summed E-state index contributed by atoms with van der Waals surface area (Å²) in [5.41, 5.74) is 0. The van der Waals surface area contributed by atoms with E-state index in [2.05, 4.69) is 30.7 Å². The summed E-state index contributed by atoms with van der Waals surface area (Å²) in [7, 11) is 0. The van der Waals surface area contributed by atoms with Crippen LogP contribution in [0.25, 0.3) is 4.85 Å². The maximum atomic E-state index is 6.52. The lowest BCUT2D eigenvalue weighted by atomic mass is 10.7. The second kappa shape index (κ2) is 2.55. The van der Waals surface area contributed by atoms with Crippen molar-refractivity contribution in [1.29, 1.82) is 0 Å². The van der Waals surface area contributed by atoms with Crippen molar-refractivity contribution in [3.05, 3.63) is 28.3 Å². The summed E-state index contributed by atoms with van der Waals surface area (Å²) < 4.78 is 0.642. The molecule has 0 radical (unpaired) electrons. The lowest BCUT2D eigenvalue weighted by Gasteiger charge is -1.83. The van der Waals surface area contributed by atoms with Gasteiger partial charge in [-0.2, -0.15) is 4.98 Å². The zero-order valence-corrected chi connectivity index (χ0v) is 5.96. The van der Waals surface area contributed by atoms with Gasteiger partial charge in [-0.3, -0.25) is 0 Å². The third kappa shape index (κ3) is 1.47. The molecule has 0 spiro atoms. The van der Waals surface area contributed by atoms with Crippen molar-refractivity contribution < 1.29 is 0 Å². The molecule has 0 amide bonds. The molecule has 3 nitrogen and oxygen atoms in total. The molecule has 0 bridgehead atoms. The van der Waals surface area contributed by atoms with E-state index in [1.807, 2.05) is 0 Å². The first-order chi connectivity index (χ1) is 4.33. The van der Waals surface area contributed by atoms with Gasteiger partial charge < -0.3 is 4.85 Å². The summed E-state index contributed by atoms with van der Waals surface area (Å²) in [5.74, 6) is 0.171. The van der Waals surface area contributed by atoms with E-state index >= 15 is 0 Å². The Morgan fingerprint density at radius 3 is 2.89 bits per heavy atom. The van der Waals surface area contributed by atoms with Gasteiger partial charge in [0.15, 0.2) is 4.60 Å². The Morgan fingerprint density at radius 2 is 2.44 bits per heavy atom. The molecule has 0 aliphatic carbocycles. The summed E-state index contributed by atoms with van der Waals surface area (Å²) in [4.78, 5) is 10.4. The molecular weight excluding hydrogens is 182 g/mol. The molecule has 0 aliphatic rings. The fourth-order valence-electron chi connectivity index (χ4n) is 0.381. The van der Waals surface area contributed by atoms with Crippen LogP contribution in [-0.4, -0.2) is 9.97 Å². The number of aromatic nitrogens is 2. The van der Waals surface area contributed by atoms with Crippen LogP contribution >= 0.6 is 15.9 Å². The molecule has 4 heteroatoms. The molecule has 0 saturated heterocycles. The van der Waals surface area contributed by atoms with Gasteiger partial charge in [-0.05, 0) is 15.9 Å². The molecule has 1 rings (SSSR count). The first-order valence-corrected chi connectivity index (χ1v) is 2.98. The van der Waals surface area contributed by atoms with Crippen LogP contribution in [0.2, 0.25) is 0 Å². The second-order valence-corrected chi connectivity index (χ2v) is 2.10. The highest BCUT2D eigenvalue weighted by atomic mass is 79.9. The number of nitrogens with zero attached hydrogens (tertiary/aromatic N) is 3. The van der Waals surface area contributed by atoms with Gasteiger partial charge >= 0.3 is 5.95 Å². The van der Waals surface area contributed by atoms with E-state index in [1.165, 1.54) is 6.20 Å². The molecule has 0 saturated carbocycles. The van der Waals surface area contributed by atoms with E-state index in [-0.39, 0.29) is 5.95 Å². The van der Waals surface area contributed by atoms with Crippen LogP contribution in [0.4, 0.5) is 5.95 Å². The van der Waals surface area contributed by atoms with Gasteiger partial charge in [-0.15, -0.1) is 11.6 Å². The van der Waals surface area contributed by atoms with Crippen LogP contribution in [0.1, 0.15) is 0 Å². The Morgan fingerprint density at radius 1 is 1.67 bits per heavy atom. The van der Waals surface area contributed by atoms with E-state index < -0.39 is 0 Å². The van der Waals surface area contributed by atoms with Crippen LogP contribution < -0.4 is 0 Å². The van der Waals surface area contributed by atoms with Gasteiger partial charge in [0.2, 0.25) is 0 Å². The normalized spacial score (nSPS) is 8.44. The van der Waals surface area contributed by atoms with Gasteiger partial charge in [-0.25, -0.2) is 0 Å². The van der Waals surface area contributed by atoms with Crippen LogP contribution in [-0.2, 0) is 0 Å². The highest BCUT2D eigenvalue weighted by Crippen LogP contribution is 2.08. The zero-order chi connectivity index (χ0) is 6.69. The predicted octanol–water partition coefficient (Wildman–Crippen LogP) is 1.79. The lowest BCUT2D eigenvalue weighted by molar-refractivity contribution is 1.17. The van der Waals surface area contributed by atoms with Crippen LogP contribution in [0.15, 0.2) is 16.9 Å². The van der Waals surface area contributed by atoms with Crippen molar-refractivity contribution in [3.63, 3.8) is 0 Å². The first kappa shape index (κ1) is 6.17. The van der Waals surface area contributed by atoms with E-state index in [1.54, 1.807) is 6.07 Å². The Kier molecular flexibility index (Phi) is 1.75. The largest absolute Gasteiger partial charge is 0.394 e. The highest BCUT2D eigenvalue weighted by molar-refractivity contribution is 9.10. The quantitative estimate of drug-likeness (QED) is 0.454. The van der Waals surface area contributed by atoms with Gasteiger partial charge in [0.25, 0.3) is 0 Å². The number of halogens is 1. The number of hydrogen-bond acceptors (Lipinski definition) is 2. The SMILES string of the molecule is [C-]#[N+]c1nccc(Br)n1. The van der Waals surface area contributed by atoms with Crippen molar-refractivity contribution in [2.24, 2.45) is 0 Å². The topological polar surface area (TPSA) is 30.1 Å². The second-order valence-electron chi connectivity index (χ2n) is 1.29. The van der Waals surface area contributed by atoms with Crippen LogP contribution in [0.5, 0.6) is 0 Å². The van der Waals surface area contributed by atoms with E-state index in [4.69, 9.17) is 6.57 Å². The summed E-state index contributed by atoms with van der Waals surface area (Å²) >= 11 is 3.11. The Balaban J connectivity index is 3.12. The Hall–Kier alpha value is -0.950. The number of rotatable bonds is 0. The van der Waals surface area contributed by atoms with Crippen LogP contribution in [0, 0.1) is 6.57 Å². The average Bonchev–Trinajstić information content (AvgIpc) is 1.88. The summed E-state index contributed by atoms with van der Waals surface area (Å²) in [6, 6.07) is 1.68. The average molecular weight is 184 g/mol. The molecule has 0 atom stereocenters. The van der Waals surface area contributed by atoms with Crippen molar-refractivity contribution in [2.75, 3.05) is 0 Å². The zero-order valence-electron chi connectivity index (χ0n) is 4.37. The fourth-order valence-corrected chi connectivity index (χ4v) is 0.658. The molecule has 44 valence electrons. The molecule has 9 heavy (non-hydrogen) atoms. The molecule has 0 N–H and O–H groups in total. The smallest absolute Gasteiger partial charge is 0.372 e. The third-order valence-electron chi connectivity index (χ3n) is 0.709. The first-order valence-electron chi connectivity index (χ1n) is 2.19. The predicted molar refractivity (Wildman–Crippen MR) is 36.0 cm³/mol. The Bertz CT molecular complexity index is 253. The maximum absolute atomic E-state index is 6.52. The van der Waals surface area contributed by atoms with Gasteiger partial charge in [0.05, 0.1) is 6.20 Å². The summed E-state index contributed by atoms with van der Waals surface area (Å²) in [6.07, 6.45) is 1.53. The fraction of sp³-hybridized carbons (Fsp3) is 0. The molecule has 0 aromatic carbocycles. The molecular formula is C5H2BrN3. The Labute approximate surface area is 60.7 Å². The van der Waals surface area contributed by atoms with Crippen molar-refractivity contribution in [3.8, 4) is 0 Å². The molecule has 1 aromatic rings. The minimum absolute atomic E-state index is 0.171. The van der Waals surface area contributed by atoms with E-state index in [0.717, 1.165) is 0 Å². The van der Waals surface area contributed by atoms with Crippen molar-refractivity contribution >= 4 is 21.9 Å². The summed E-state index contributed by atoms with van der Waals surface area (Å²) in [6.45, 7) is 6.52. The molecule has 1 aromatic heterocycles. The molecule has 0 unspecified atom stereocenters. The third-order valence-corrected chi connectivity index (χ3v) is 1.15.